The minimum Gasteiger partial charge on any atom is -0.463 e. The molecule has 0 aliphatic carbocycles. The SMILES string of the molecule is COC(=O)c1ccc(CN(C)CC(=O)N2CCOCC2)o1. The topological polar surface area (TPSA) is 72.2 Å². The average Bonchev–Trinajstić information content (AvgIpc) is 2.95. The molecular formula is C14H20N2O5. The molecule has 2 rings (SSSR count). The van der Waals surface area contributed by atoms with Gasteiger partial charge in [-0.15, -0.1) is 0 Å². The third-order valence-electron chi connectivity index (χ3n) is 3.24. The Morgan fingerprint density at radius 3 is 2.71 bits per heavy atom. The van der Waals surface area contributed by atoms with Gasteiger partial charge < -0.3 is 18.8 Å². The molecule has 1 aromatic heterocycles. The number of methoxy groups -OCH3 is 1. The number of carbonyl (C=O) groups is 2. The standard InChI is InChI=1S/C14H20N2O5/c1-15(10-13(17)16-5-7-20-8-6-16)9-11-3-4-12(21-11)14(18)19-2/h3-4H,5-10H2,1-2H3. The van der Waals surface area contributed by atoms with Crippen LogP contribution in [-0.4, -0.2) is 68.7 Å². The molecule has 0 aromatic carbocycles. The fourth-order valence-electron chi connectivity index (χ4n) is 2.14. The van der Waals surface area contributed by atoms with E-state index in [1.54, 1.807) is 17.0 Å². The third-order valence-corrected chi connectivity index (χ3v) is 3.24. The van der Waals surface area contributed by atoms with Crippen molar-refractivity contribution in [2.45, 2.75) is 6.54 Å². The van der Waals surface area contributed by atoms with Crippen molar-refractivity contribution in [3.8, 4) is 0 Å². The van der Waals surface area contributed by atoms with Gasteiger partial charge in [0.2, 0.25) is 11.7 Å². The lowest BCUT2D eigenvalue weighted by molar-refractivity contribution is -0.136. The molecule has 1 aliphatic rings. The number of rotatable bonds is 5. The number of furan rings is 1. The highest BCUT2D eigenvalue weighted by molar-refractivity contribution is 5.86. The number of likely N-dealkylation sites (N-methyl/N-ethyl adjacent to an activating group) is 1. The first kappa shape index (κ1) is 15.5. The van der Waals surface area contributed by atoms with Gasteiger partial charge in [0, 0.05) is 13.1 Å². The van der Waals surface area contributed by atoms with Crippen LogP contribution >= 0.6 is 0 Å². The molecule has 1 amide bonds. The van der Waals surface area contributed by atoms with Crippen LogP contribution in [0.5, 0.6) is 0 Å². The van der Waals surface area contributed by atoms with Gasteiger partial charge in [-0.2, -0.15) is 0 Å². The van der Waals surface area contributed by atoms with Crippen LogP contribution in [-0.2, 0) is 20.8 Å². The van der Waals surface area contributed by atoms with Gasteiger partial charge in [0.25, 0.3) is 0 Å². The summed E-state index contributed by atoms with van der Waals surface area (Å²) in [7, 11) is 3.14. The molecule has 116 valence electrons. The van der Waals surface area contributed by atoms with Crippen LogP contribution in [0, 0.1) is 0 Å². The fraction of sp³-hybridized carbons (Fsp3) is 0.571. The Kier molecular flexibility index (Phi) is 5.35. The average molecular weight is 296 g/mol. The summed E-state index contributed by atoms with van der Waals surface area (Å²) in [6.07, 6.45) is 0. The van der Waals surface area contributed by atoms with Crippen molar-refractivity contribution in [1.82, 2.24) is 9.80 Å². The molecule has 1 aromatic rings. The molecule has 1 aliphatic heterocycles. The minimum atomic E-state index is -0.506. The minimum absolute atomic E-state index is 0.0700. The van der Waals surface area contributed by atoms with Crippen molar-refractivity contribution in [2.24, 2.45) is 0 Å². The lowest BCUT2D eigenvalue weighted by Crippen LogP contribution is -2.44. The van der Waals surface area contributed by atoms with Crippen LogP contribution in [0.15, 0.2) is 16.5 Å². The molecule has 1 fully saturated rings. The van der Waals surface area contributed by atoms with Crippen LogP contribution < -0.4 is 0 Å². The van der Waals surface area contributed by atoms with Gasteiger partial charge in [0.05, 0.1) is 33.4 Å². The number of morpholine rings is 1. The number of carbonyl (C=O) groups excluding carboxylic acids is 2. The molecule has 0 bridgehead atoms. The summed E-state index contributed by atoms with van der Waals surface area (Å²) in [6.45, 7) is 3.22. The molecular weight excluding hydrogens is 276 g/mol. The van der Waals surface area contributed by atoms with Gasteiger partial charge in [-0.3, -0.25) is 9.69 Å². The Hall–Kier alpha value is -1.86. The molecule has 0 unspecified atom stereocenters. The van der Waals surface area contributed by atoms with E-state index >= 15 is 0 Å². The highest BCUT2D eigenvalue weighted by atomic mass is 16.5. The second-order valence-electron chi connectivity index (χ2n) is 4.92. The van der Waals surface area contributed by atoms with Gasteiger partial charge in [-0.05, 0) is 19.2 Å². The van der Waals surface area contributed by atoms with Crippen LogP contribution in [0.2, 0.25) is 0 Å². The number of nitrogens with zero attached hydrogens (tertiary/aromatic N) is 2. The first-order valence-corrected chi connectivity index (χ1v) is 6.81. The molecule has 0 atom stereocenters. The van der Waals surface area contributed by atoms with E-state index in [9.17, 15) is 9.59 Å². The van der Waals surface area contributed by atoms with E-state index in [2.05, 4.69) is 4.74 Å². The summed E-state index contributed by atoms with van der Waals surface area (Å²) in [5.41, 5.74) is 0. The van der Waals surface area contributed by atoms with Crippen LogP contribution in [0.3, 0.4) is 0 Å². The molecule has 2 heterocycles. The fourth-order valence-corrected chi connectivity index (χ4v) is 2.14. The molecule has 0 radical (unpaired) electrons. The number of ether oxygens (including phenoxy) is 2. The summed E-state index contributed by atoms with van der Waals surface area (Å²) < 4.78 is 15.2. The maximum atomic E-state index is 12.1. The van der Waals surface area contributed by atoms with Crippen molar-refractivity contribution in [3.05, 3.63) is 23.7 Å². The van der Waals surface area contributed by atoms with Gasteiger partial charge >= 0.3 is 5.97 Å². The van der Waals surface area contributed by atoms with E-state index < -0.39 is 5.97 Å². The summed E-state index contributed by atoms with van der Waals surface area (Å²) >= 11 is 0. The van der Waals surface area contributed by atoms with Gasteiger partial charge in [0.15, 0.2) is 0 Å². The first-order chi connectivity index (χ1) is 10.1. The number of hydrogen-bond donors (Lipinski definition) is 0. The molecule has 7 heteroatoms. The summed E-state index contributed by atoms with van der Waals surface area (Å²) in [5.74, 6) is 0.349. The summed E-state index contributed by atoms with van der Waals surface area (Å²) in [5, 5.41) is 0. The maximum absolute atomic E-state index is 12.1. The lowest BCUT2D eigenvalue weighted by atomic mass is 10.3. The predicted octanol–water partition coefficient (Wildman–Crippen LogP) is 0.357. The number of esters is 1. The van der Waals surface area contributed by atoms with E-state index in [0.717, 1.165) is 0 Å². The molecule has 1 saturated heterocycles. The lowest BCUT2D eigenvalue weighted by Gasteiger charge is -2.28. The number of hydrogen-bond acceptors (Lipinski definition) is 6. The zero-order valence-electron chi connectivity index (χ0n) is 12.3. The van der Waals surface area contributed by atoms with Gasteiger partial charge in [0.1, 0.15) is 5.76 Å². The normalized spacial score (nSPS) is 15.3. The summed E-state index contributed by atoms with van der Waals surface area (Å²) in [4.78, 5) is 27.0. The van der Waals surface area contributed by atoms with E-state index in [1.807, 2.05) is 11.9 Å². The summed E-state index contributed by atoms with van der Waals surface area (Å²) in [6, 6.07) is 3.28. The van der Waals surface area contributed by atoms with Crippen molar-refractivity contribution >= 4 is 11.9 Å². The largest absolute Gasteiger partial charge is 0.463 e. The Morgan fingerprint density at radius 1 is 1.33 bits per heavy atom. The van der Waals surface area contributed by atoms with E-state index in [-0.39, 0.29) is 11.7 Å². The van der Waals surface area contributed by atoms with E-state index in [1.165, 1.54) is 7.11 Å². The number of amides is 1. The zero-order chi connectivity index (χ0) is 15.2. The van der Waals surface area contributed by atoms with Crippen LogP contribution in [0.25, 0.3) is 0 Å². The third kappa shape index (κ3) is 4.30. The first-order valence-electron chi connectivity index (χ1n) is 6.81. The highest BCUT2D eigenvalue weighted by Crippen LogP contribution is 2.11. The Morgan fingerprint density at radius 2 is 2.05 bits per heavy atom. The molecule has 0 spiro atoms. The second kappa shape index (κ2) is 7.24. The Bertz CT molecular complexity index is 493. The van der Waals surface area contributed by atoms with Crippen molar-refractivity contribution in [2.75, 3.05) is 47.0 Å². The van der Waals surface area contributed by atoms with Crippen molar-refractivity contribution in [3.63, 3.8) is 0 Å². The van der Waals surface area contributed by atoms with Gasteiger partial charge in [-0.25, -0.2) is 4.79 Å². The molecule has 7 nitrogen and oxygen atoms in total. The maximum Gasteiger partial charge on any atom is 0.373 e. The molecule has 0 N–H and O–H groups in total. The van der Waals surface area contributed by atoms with Crippen molar-refractivity contribution in [1.29, 1.82) is 0 Å². The van der Waals surface area contributed by atoms with Gasteiger partial charge in [-0.1, -0.05) is 0 Å². The van der Waals surface area contributed by atoms with E-state index in [4.69, 9.17) is 9.15 Å². The zero-order valence-corrected chi connectivity index (χ0v) is 12.3. The van der Waals surface area contributed by atoms with E-state index in [0.29, 0.717) is 45.2 Å². The smallest absolute Gasteiger partial charge is 0.373 e. The molecule has 21 heavy (non-hydrogen) atoms. The Labute approximate surface area is 123 Å². The van der Waals surface area contributed by atoms with Crippen LogP contribution in [0.1, 0.15) is 16.3 Å². The second-order valence-corrected chi connectivity index (χ2v) is 4.92. The van der Waals surface area contributed by atoms with Crippen LogP contribution in [0.4, 0.5) is 0 Å². The predicted molar refractivity (Wildman–Crippen MR) is 73.8 cm³/mol. The monoisotopic (exact) mass is 296 g/mol. The quantitative estimate of drug-likeness (QED) is 0.730. The molecule has 0 saturated carbocycles. The van der Waals surface area contributed by atoms with Crippen molar-refractivity contribution < 1.29 is 23.5 Å². The Balaban J connectivity index is 1.83. The highest BCUT2D eigenvalue weighted by Gasteiger charge is 2.19.